The van der Waals surface area contributed by atoms with Crippen LogP contribution in [-0.2, 0) is 10.0 Å². The van der Waals surface area contributed by atoms with Gasteiger partial charge in [-0.3, -0.25) is 10.2 Å². The Kier molecular flexibility index (Phi) is 7.98. The van der Waals surface area contributed by atoms with E-state index >= 15 is 0 Å². The molecule has 1 aliphatic rings. The lowest BCUT2D eigenvalue weighted by atomic mass is 10.1. The van der Waals surface area contributed by atoms with Crippen LogP contribution in [-0.4, -0.2) is 61.6 Å². The molecule has 186 valence electrons. The summed E-state index contributed by atoms with van der Waals surface area (Å²) in [5.74, 6) is -0.224. The summed E-state index contributed by atoms with van der Waals surface area (Å²) in [6.45, 7) is 1.49. The molecule has 35 heavy (non-hydrogen) atoms. The fourth-order valence-corrected chi connectivity index (χ4v) is 4.55. The van der Waals surface area contributed by atoms with Gasteiger partial charge in [0.1, 0.15) is 12.3 Å². The second kappa shape index (κ2) is 11.0. The highest BCUT2D eigenvalue weighted by Gasteiger charge is 2.29. The molecule has 2 aromatic carbocycles. The molecule has 0 atom stereocenters. The third kappa shape index (κ3) is 6.33. The van der Waals surface area contributed by atoms with Gasteiger partial charge in [0.2, 0.25) is 10.0 Å². The first-order chi connectivity index (χ1) is 16.7. The van der Waals surface area contributed by atoms with Gasteiger partial charge in [-0.25, -0.2) is 22.8 Å². The summed E-state index contributed by atoms with van der Waals surface area (Å²) >= 11 is 12.6. The highest BCUT2D eigenvalue weighted by Crippen LogP contribution is 2.37. The Morgan fingerprint density at radius 2 is 1.77 bits per heavy atom. The van der Waals surface area contributed by atoms with Gasteiger partial charge in [-0.1, -0.05) is 47.5 Å². The molecule has 0 saturated carbocycles. The summed E-state index contributed by atoms with van der Waals surface area (Å²) in [5, 5.41) is 7.43. The van der Waals surface area contributed by atoms with Crippen LogP contribution in [0.1, 0.15) is 23.3 Å². The number of para-hydroxylation sites is 1. The number of ether oxygens (including phenoxy) is 1. The van der Waals surface area contributed by atoms with Crippen molar-refractivity contribution in [2.45, 2.75) is 12.8 Å². The quantitative estimate of drug-likeness (QED) is 0.404. The molecule has 1 aromatic heterocycles. The van der Waals surface area contributed by atoms with Crippen molar-refractivity contribution in [1.82, 2.24) is 24.9 Å². The molecule has 1 saturated heterocycles. The maximum Gasteiger partial charge on any atom is 0.289 e. The van der Waals surface area contributed by atoms with Gasteiger partial charge >= 0.3 is 0 Å². The van der Waals surface area contributed by atoms with Crippen molar-refractivity contribution in [2.24, 2.45) is 0 Å². The third-order valence-electron chi connectivity index (χ3n) is 5.33. The Hall–Kier alpha value is -2.63. The average molecular weight is 538 g/mol. The zero-order valence-electron chi connectivity index (χ0n) is 19.0. The predicted octanol–water partition coefficient (Wildman–Crippen LogP) is 3.51. The van der Waals surface area contributed by atoms with E-state index in [1.165, 1.54) is 0 Å². The van der Waals surface area contributed by atoms with E-state index in [2.05, 4.69) is 15.2 Å². The Labute approximate surface area is 214 Å². The van der Waals surface area contributed by atoms with E-state index in [4.69, 9.17) is 27.9 Å². The number of hydrogen-bond donors (Lipinski definition) is 2. The Bertz CT molecular complexity index is 1310. The van der Waals surface area contributed by atoms with Crippen LogP contribution in [0.25, 0.3) is 16.9 Å². The van der Waals surface area contributed by atoms with Crippen LogP contribution >= 0.6 is 23.2 Å². The van der Waals surface area contributed by atoms with Crippen molar-refractivity contribution in [3.63, 3.8) is 0 Å². The second-order valence-electron chi connectivity index (χ2n) is 8.05. The first-order valence-corrected chi connectivity index (χ1v) is 13.6. The number of benzene rings is 2. The van der Waals surface area contributed by atoms with E-state index in [0.29, 0.717) is 27.0 Å². The molecule has 2 heterocycles. The molecule has 1 aliphatic heterocycles. The number of hydrazine groups is 1. The number of carbonyl (C=O) groups excluding carboxylic acids is 1. The van der Waals surface area contributed by atoms with E-state index in [0.717, 1.165) is 32.2 Å². The number of nitrogens with zero attached hydrogens (tertiary/aromatic N) is 3. The Morgan fingerprint density at radius 1 is 1.09 bits per heavy atom. The number of nitrogens with one attached hydrogen (secondary N) is 2. The predicted molar refractivity (Wildman–Crippen MR) is 136 cm³/mol. The summed E-state index contributed by atoms with van der Waals surface area (Å²) < 4.78 is 32.9. The third-order valence-corrected chi connectivity index (χ3v) is 6.63. The zero-order valence-corrected chi connectivity index (χ0v) is 21.3. The highest BCUT2D eigenvalue weighted by atomic mass is 35.5. The van der Waals surface area contributed by atoms with Gasteiger partial charge in [0.25, 0.3) is 5.91 Å². The number of sulfonamides is 1. The van der Waals surface area contributed by atoms with Crippen LogP contribution in [0.2, 0.25) is 10.0 Å². The van der Waals surface area contributed by atoms with Crippen LogP contribution in [0.4, 0.5) is 0 Å². The normalized spacial score (nSPS) is 14.3. The van der Waals surface area contributed by atoms with E-state index in [1.807, 2.05) is 11.1 Å². The number of hydrogen-bond acceptors (Lipinski definition) is 6. The molecule has 12 heteroatoms. The van der Waals surface area contributed by atoms with Crippen molar-refractivity contribution in [3.8, 4) is 22.7 Å². The molecule has 0 aliphatic carbocycles. The van der Waals surface area contributed by atoms with E-state index < -0.39 is 15.9 Å². The molecule has 4 rings (SSSR count). The largest absolute Gasteiger partial charge is 0.487 e. The number of rotatable bonds is 9. The number of carbonyl (C=O) groups is 1. The first kappa shape index (κ1) is 25.5. The summed E-state index contributed by atoms with van der Waals surface area (Å²) in [6.07, 6.45) is 3.05. The lowest BCUT2D eigenvalue weighted by Crippen LogP contribution is -2.40. The highest BCUT2D eigenvalue weighted by molar-refractivity contribution is 7.88. The molecule has 0 bridgehead atoms. The molecular weight excluding hydrogens is 513 g/mol. The molecule has 2 N–H and O–H groups in total. The molecule has 0 radical (unpaired) electrons. The monoisotopic (exact) mass is 537 g/mol. The van der Waals surface area contributed by atoms with Crippen molar-refractivity contribution < 1.29 is 17.9 Å². The molecule has 3 aromatic rings. The Morgan fingerprint density at radius 3 is 2.43 bits per heavy atom. The van der Waals surface area contributed by atoms with Gasteiger partial charge in [0.05, 0.1) is 17.0 Å². The summed E-state index contributed by atoms with van der Waals surface area (Å²) in [4.78, 5) is 13.3. The fraction of sp³-hybridized carbons (Fsp3) is 0.304. The maximum atomic E-state index is 13.3. The van der Waals surface area contributed by atoms with Crippen LogP contribution in [0.5, 0.6) is 5.75 Å². The lowest BCUT2D eigenvalue weighted by Gasteiger charge is -2.16. The topological polar surface area (TPSA) is 106 Å². The van der Waals surface area contributed by atoms with Gasteiger partial charge in [0.15, 0.2) is 11.4 Å². The van der Waals surface area contributed by atoms with Crippen LogP contribution in [0.3, 0.4) is 0 Å². The molecular formula is C23H25Cl2N5O4S. The average Bonchev–Trinajstić information content (AvgIpc) is 3.45. The van der Waals surface area contributed by atoms with E-state index in [9.17, 15) is 13.2 Å². The maximum absolute atomic E-state index is 13.3. The van der Waals surface area contributed by atoms with Gasteiger partial charge in [-0.2, -0.15) is 5.10 Å². The molecule has 1 fully saturated rings. The summed E-state index contributed by atoms with van der Waals surface area (Å²) in [5.41, 5.74) is 4.68. The lowest BCUT2D eigenvalue weighted by molar-refractivity contribution is 0.0816. The summed E-state index contributed by atoms with van der Waals surface area (Å²) in [7, 11) is -3.40. The smallest absolute Gasteiger partial charge is 0.289 e. The number of aromatic nitrogens is 2. The van der Waals surface area contributed by atoms with Crippen LogP contribution < -0.4 is 14.9 Å². The van der Waals surface area contributed by atoms with Gasteiger partial charge in [0, 0.05) is 30.2 Å². The van der Waals surface area contributed by atoms with E-state index in [1.54, 1.807) is 47.1 Å². The number of halogens is 2. The minimum absolute atomic E-state index is 0.0172. The SMILES string of the molecule is CS(=O)(=O)NCCOc1c(C(=O)NN2CCCC2)nn(-c2ccccc2Cl)c1-c1ccc(Cl)cc1. The van der Waals surface area contributed by atoms with Crippen LogP contribution in [0, 0.1) is 0 Å². The van der Waals surface area contributed by atoms with Gasteiger partial charge in [-0.15, -0.1) is 0 Å². The molecule has 0 spiro atoms. The summed E-state index contributed by atoms with van der Waals surface area (Å²) in [6, 6.07) is 14.1. The van der Waals surface area contributed by atoms with Crippen LogP contribution in [0.15, 0.2) is 48.5 Å². The first-order valence-electron chi connectivity index (χ1n) is 11.0. The van der Waals surface area contributed by atoms with Gasteiger partial charge in [-0.05, 0) is 37.1 Å². The van der Waals surface area contributed by atoms with Gasteiger partial charge < -0.3 is 4.74 Å². The van der Waals surface area contributed by atoms with Crippen molar-refractivity contribution >= 4 is 39.1 Å². The second-order valence-corrected chi connectivity index (χ2v) is 10.7. The minimum atomic E-state index is -3.40. The standard InChI is InChI=1S/C23H25Cl2N5O4S/c1-35(32,33)26-12-15-34-22-20(23(31)28-29-13-4-5-14-29)27-30(19-7-3-2-6-18(19)25)21(22)16-8-10-17(24)11-9-16/h2-3,6-11,26H,4-5,12-15H2,1H3,(H,28,31). The zero-order chi connectivity index (χ0) is 25.0. The molecule has 1 amide bonds. The molecule has 9 nitrogen and oxygen atoms in total. The Balaban J connectivity index is 1.81. The van der Waals surface area contributed by atoms with E-state index in [-0.39, 0.29) is 24.6 Å². The fourth-order valence-electron chi connectivity index (χ4n) is 3.75. The minimum Gasteiger partial charge on any atom is -0.487 e. The molecule has 0 unspecified atom stereocenters. The number of amides is 1. The van der Waals surface area contributed by atoms with Crippen molar-refractivity contribution in [3.05, 3.63) is 64.3 Å². The van der Waals surface area contributed by atoms with Crippen molar-refractivity contribution in [2.75, 3.05) is 32.5 Å². The van der Waals surface area contributed by atoms with Crippen molar-refractivity contribution in [1.29, 1.82) is 0 Å².